The van der Waals surface area contributed by atoms with E-state index in [1.165, 1.54) is 5.56 Å². The SMILES string of the molecule is COc1cccc(C(=O)NCc2nn(Cc3ccccc3)c3ccccc23)c1. The highest BCUT2D eigenvalue weighted by molar-refractivity contribution is 5.94. The summed E-state index contributed by atoms with van der Waals surface area (Å²) in [5.41, 5.74) is 3.65. The van der Waals surface area contributed by atoms with Crippen molar-refractivity contribution in [2.45, 2.75) is 13.1 Å². The zero-order valence-electron chi connectivity index (χ0n) is 15.6. The maximum Gasteiger partial charge on any atom is 0.251 e. The zero-order valence-corrected chi connectivity index (χ0v) is 15.6. The van der Waals surface area contributed by atoms with Crippen molar-refractivity contribution in [2.75, 3.05) is 7.11 Å². The highest BCUT2D eigenvalue weighted by Gasteiger charge is 2.12. The number of nitrogens with zero attached hydrogens (tertiary/aromatic N) is 2. The number of carbonyl (C=O) groups excluding carboxylic acids is 1. The van der Waals surface area contributed by atoms with Crippen molar-refractivity contribution in [1.82, 2.24) is 15.1 Å². The fourth-order valence-corrected chi connectivity index (χ4v) is 3.23. The first-order valence-electron chi connectivity index (χ1n) is 9.15. The number of para-hydroxylation sites is 1. The van der Waals surface area contributed by atoms with Gasteiger partial charge in [0, 0.05) is 10.9 Å². The maximum atomic E-state index is 12.5. The largest absolute Gasteiger partial charge is 0.497 e. The molecule has 4 aromatic rings. The summed E-state index contributed by atoms with van der Waals surface area (Å²) >= 11 is 0. The van der Waals surface area contributed by atoms with Crippen LogP contribution in [0.25, 0.3) is 10.9 Å². The lowest BCUT2D eigenvalue weighted by Crippen LogP contribution is -2.23. The van der Waals surface area contributed by atoms with E-state index in [4.69, 9.17) is 9.84 Å². The summed E-state index contributed by atoms with van der Waals surface area (Å²) in [6.45, 7) is 1.05. The molecule has 0 fully saturated rings. The summed E-state index contributed by atoms with van der Waals surface area (Å²) in [4.78, 5) is 12.5. The van der Waals surface area contributed by atoms with Gasteiger partial charge in [0.2, 0.25) is 0 Å². The van der Waals surface area contributed by atoms with E-state index < -0.39 is 0 Å². The molecule has 5 heteroatoms. The maximum absolute atomic E-state index is 12.5. The minimum Gasteiger partial charge on any atom is -0.497 e. The molecule has 28 heavy (non-hydrogen) atoms. The van der Waals surface area contributed by atoms with E-state index in [0.29, 0.717) is 24.4 Å². The van der Waals surface area contributed by atoms with E-state index in [-0.39, 0.29) is 5.91 Å². The Morgan fingerprint density at radius 3 is 2.61 bits per heavy atom. The quantitative estimate of drug-likeness (QED) is 0.557. The van der Waals surface area contributed by atoms with Gasteiger partial charge in [-0.3, -0.25) is 9.48 Å². The summed E-state index contributed by atoms with van der Waals surface area (Å²) in [5, 5.41) is 8.77. The Morgan fingerprint density at radius 1 is 1.00 bits per heavy atom. The first-order chi connectivity index (χ1) is 13.7. The molecule has 1 amide bonds. The Kier molecular flexibility index (Phi) is 5.06. The Hall–Kier alpha value is -3.60. The Bertz CT molecular complexity index is 1100. The number of amides is 1. The van der Waals surface area contributed by atoms with Crippen molar-refractivity contribution in [3.63, 3.8) is 0 Å². The molecule has 5 nitrogen and oxygen atoms in total. The zero-order chi connectivity index (χ0) is 19.3. The van der Waals surface area contributed by atoms with E-state index >= 15 is 0 Å². The fraction of sp³-hybridized carbons (Fsp3) is 0.130. The van der Waals surface area contributed by atoms with Crippen molar-refractivity contribution in [3.05, 3.63) is 95.7 Å². The van der Waals surface area contributed by atoms with E-state index in [1.54, 1.807) is 25.3 Å². The van der Waals surface area contributed by atoms with Crippen LogP contribution in [0.15, 0.2) is 78.9 Å². The number of rotatable bonds is 6. The van der Waals surface area contributed by atoms with Gasteiger partial charge in [-0.25, -0.2) is 0 Å². The molecule has 140 valence electrons. The van der Waals surface area contributed by atoms with Gasteiger partial charge in [-0.15, -0.1) is 0 Å². The summed E-state index contributed by atoms with van der Waals surface area (Å²) in [6.07, 6.45) is 0. The molecule has 0 saturated heterocycles. The van der Waals surface area contributed by atoms with Crippen LogP contribution in [0.5, 0.6) is 5.75 Å². The van der Waals surface area contributed by atoms with Crippen LogP contribution in [0.1, 0.15) is 21.6 Å². The van der Waals surface area contributed by atoms with Crippen molar-refractivity contribution in [2.24, 2.45) is 0 Å². The number of carbonyl (C=O) groups is 1. The van der Waals surface area contributed by atoms with Crippen LogP contribution in [-0.2, 0) is 13.1 Å². The average molecular weight is 371 g/mol. The number of hydrogen-bond acceptors (Lipinski definition) is 3. The molecule has 4 rings (SSSR count). The summed E-state index contributed by atoms with van der Waals surface area (Å²) in [5.74, 6) is 0.505. The molecule has 0 aliphatic carbocycles. The minimum absolute atomic E-state index is 0.152. The highest BCUT2D eigenvalue weighted by atomic mass is 16.5. The summed E-state index contributed by atoms with van der Waals surface area (Å²) < 4.78 is 7.17. The van der Waals surface area contributed by atoms with E-state index in [2.05, 4.69) is 23.5 Å². The lowest BCUT2D eigenvalue weighted by Gasteiger charge is -2.06. The normalized spacial score (nSPS) is 10.8. The first-order valence-corrected chi connectivity index (χ1v) is 9.15. The van der Waals surface area contributed by atoms with Crippen LogP contribution < -0.4 is 10.1 Å². The molecule has 1 aromatic heterocycles. The van der Waals surface area contributed by atoms with Crippen LogP contribution in [-0.4, -0.2) is 22.8 Å². The topological polar surface area (TPSA) is 56.1 Å². The number of benzene rings is 3. The molecule has 3 aromatic carbocycles. The van der Waals surface area contributed by atoms with Gasteiger partial charge in [0.15, 0.2) is 0 Å². The Labute approximate surface area is 163 Å². The number of nitrogens with one attached hydrogen (secondary N) is 1. The molecule has 0 spiro atoms. The monoisotopic (exact) mass is 371 g/mol. The second kappa shape index (κ2) is 7.96. The van der Waals surface area contributed by atoms with Gasteiger partial charge in [0.25, 0.3) is 5.91 Å². The lowest BCUT2D eigenvalue weighted by molar-refractivity contribution is 0.0950. The number of fused-ring (bicyclic) bond motifs is 1. The standard InChI is InChI=1S/C23H21N3O2/c1-28-19-11-7-10-18(14-19)23(27)24-15-21-20-12-5-6-13-22(20)26(25-21)16-17-8-3-2-4-9-17/h2-14H,15-16H2,1H3,(H,24,27). The molecule has 0 aliphatic heterocycles. The van der Waals surface area contributed by atoms with Gasteiger partial charge < -0.3 is 10.1 Å². The minimum atomic E-state index is -0.152. The van der Waals surface area contributed by atoms with E-state index in [1.807, 2.05) is 47.1 Å². The second-order valence-electron chi connectivity index (χ2n) is 6.52. The fourth-order valence-electron chi connectivity index (χ4n) is 3.23. The molecule has 0 radical (unpaired) electrons. The molecule has 0 atom stereocenters. The van der Waals surface area contributed by atoms with Crippen molar-refractivity contribution >= 4 is 16.8 Å². The predicted molar refractivity (Wildman–Crippen MR) is 109 cm³/mol. The lowest BCUT2D eigenvalue weighted by atomic mass is 10.2. The Morgan fingerprint density at radius 2 is 1.79 bits per heavy atom. The number of hydrogen-bond donors (Lipinski definition) is 1. The van der Waals surface area contributed by atoms with Gasteiger partial charge in [-0.2, -0.15) is 5.10 Å². The molecular formula is C23H21N3O2. The van der Waals surface area contributed by atoms with Gasteiger partial charge in [0.05, 0.1) is 31.4 Å². The number of ether oxygens (including phenoxy) is 1. The average Bonchev–Trinajstić information content (AvgIpc) is 3.10. The third-order valence-corrected chi connectivity index (χ3v) is 4.66. The van der Waals surface area contributed by atoms with Crippen LogP contribution in [0, 0.1) is 0 Å². The molecule has 0 aliphatic rings. The van der Waals surface area contributed by atoms with E-state index in [9.17, 15) is 4.79 Å². The molecular weight excluding hydrogens is 350 g/mol. The predicted octanol–water partition coefficient (Wildman–Crippen LogP) is 4.02. The van der Waals surface area contributed by atoms with Crippen molar-refractivity contribution in [3.8, 4) is 5.75 Å². The third-order valence-electron chi connectivity index (χ3n) is 4.66. The smallest absolute Gasteiger partial charge is 0.251 e. The van der Waals surface area contributed by atoms with Crippen LogP contribution >= 0.6 is 0 Å². The Balaban J connectivity index is 1.56. The number of aromatic nitrogens is 2. The summed E-state index contributed by atoms with van der Waals surface area (Å²) in [7, 11) is 1.59. The van der Waals surface area contributed by atoms with Crippen LogP contribution in [0.3, 0.4) is 0 Å². The second-order valence-corrected chi connectivity index (χ2v) is 6.52. The van der Waals surface area contributed by atoms with Crippen molar-refractivity contribution < 1.29 is 9.53 Å². The molecule has 0 saturated carbocycles. The van der Waals surface area contributed by atoms with Crippen LogP contribution in [0.2, 0.25) is 0 Å². The highest BCUT2D eigenvalue weighted by Crippen LogP contribution is 2.20. The number of methoxy groups -OCH3 is 1. The summed E-state index contributed by atoms with van der Waals surface area (Å²) in [6, 6.07) is 25.4. The van der Waals surface area contributed by atoms with Gasteiger partial charge >= 0.3 is 0 Å². The molecule has 0 unspecified atom stereocenters. The van der Waals surface area contributed by atoms with Crippen LogP contribution in [0.4, 0.5) is 0 Å². The first kappa shape index (κ1) is 17.8. The van der Waals surface area contributed by atoms with Gasteiger partial charge in [0.1, 0.15) is 5.75 Å². The molecule has 0 bridgehead atoms. The van der Waals surface area contributed by atoms with E-state index in [0.717, 1.165) is 16.6 Å². The molecule has 1 heterocycles. The third kappa shape index (κ3) is 3.74. The van der Waals surface area contributed by atoms with Gasteiger partial charge in [-0.05, 0) is 29.8 Å². The molecule has 1 N–H and O–H groups in total. The van der Waals surface area contributed by atoms with Gasteiger partial charge in [-0.1, -0.05) is 54.6 Å². The van der Waals surface area contributed by atoms with Crippen molar-refractivity contribution in [1.29, 1.82) is 0 Å².